The Morgan fingerprint density at radius 3 is 2.59 bits per heavy atom. The molecule has 0 spiro atoms. The molecule has 8 nitrogen and oxygen atoms in total. The van der Waals surface area contributed by atoms with E-state index >= 15 is 0 Å². The molecule has 0 radical (unpaired) electrons. The molecule has 192 valence electrons. The summed E-state index contributed by atoms with van der Waals surface area (Å²) in [6, 6.07) is 5.10. The number of methoxy groups -OCH3 is 1. The molecule has 0 saturated heterocycles. The van der Waals surface area contributed by atoms with Crippen molar-refractivity contribution >= 4 is 22.8 Å². The van der Waals surface area contributed by atoms with Gasteiger partial charge in [0, 0.05) is 37.0 Å². The second-order valence-electron chi connectivity index (χ2n) is 8.78. The van der Waals surface area contributed by atoms with Crippen LogP contribution in [-0.4, -0.2) is 51.2 Å². The third-order valence-corrected chi connectivity index (χ3v) is 6.28. The van der Waals surface area contributed by atoms with Crippen molar-refractivity contribution in [3.05, 3.63) is 77.2 Å². The van der Waals surface area contributed by atoms with E-state index < -0.39 is 42.0 Å². The van der Waals surface area contributed by atoms with Crippen LogP contribution in [0.4, 0.5) is 23.5 Å². The Balaban J connectivity index is 1.45. The maximum Gasteiger partial charge on any atom is 0.252 e. The van der Waals surface area contributed by atoms with Gasteiger partial charge in [0.2, 0.25) is 5.95 Å². The third-order valence-electron chi connectivity index (χ3n) is 6.28. The van der Waals surface area contributed by atoms with Crippen LogP contribution in [0.25, 0.3) is 10.9 Å². The van der Waals surface area contributed by atoms with Crippen LogP contribution in [-0.2, 0) is 7.05 Å². The van der Waals surface area contributed by atoms with Crippen LogP contribution in [0.2, 0.25) is 0 Å². The summed E-state index contributed by atoms with van der Waals surface area (Å²) < 4.78 is 62.6. The first-order valence-corrected chi connectivity index (χ1v) is 11.4. The number of hydrogen-bond acceptors (Lipinski definition) is 6. The molecule has 1 amide bonds. The average Bonchev–Trinajstić information content (AvgIpc) is 3.32. The molecule has 1 aliphatic rings. The van der Waals surface area contributed by atoms with E-state index in [1.165, 1.54) is 42.4 Å². The number of fused-ring (bicyclic) bond motifs is 1. The van der Waals surface area contributed by atoms with Crippen molar-refractivity contribution in [3.63, 3.8) is 0 Å². The number of aryl methyl sites for hydroxylation is 1. The molecule has 2 aromatic carbocycles. The summed E-state index contributed by atoms with van der Waals surface area (Å²) >= 11 is 0. The molecule has 4 aromatic rings. The fraction of sp³-hybridized carbons (Fsp3) is 0.280. The molecule has 2 N–H and O–H groups in total. The molecule has 2 aromatic heterocycles. The van der Waals surface area contributed by atoms with Gasteiger partial charge in [0.25, 0.3) is 5.91 Å². The van der Waals surface area contributed by atoms with Gasteiger partial charge < -0.3 is 15.4 Å². The van der Waals surface area contributed by atoms with Crippen molar-refractivity contribution in [2.24, 2.45) is 7.05 Å². The second-order valence-corrected chi connectivity index (χ2v) is 8.78. The van der Waals surface area contributed by atoms with Gasteiger partial charge in [0.1, 0.15) is 12.0 Å². The molecular formula is C25H22F4N6O2. The number of rotatable bonds is 7. The van der Waals surface area contributed by atoms with Crippen molar-refractivity contribution in [2.75, 3.05) is 12.4 Å². The van der Waals surface area contributed by atoms with Gasteiger partial charge in [-0.25, -0.2) is 27.5 Å². The van der Waals surface area contributed by atoms with Crippen LogP contribution in [0.3, 0.4) is 0 Å². The summed E-state index contributed by atoms with van der Waals surface area (Å²) in [5.41, 5.74) is 1.04. The van der Waals surface area contributed by atoms with Crippen LogP contribution >= 0.6 is 0 Å². The average molecular weight is 514 g/mol. The lowest BCUT2D eigenvalue weighted by Crippen LogP contribution is -2.50. The maximum absolute atomic E-state index is 14.8. The first-order chi connectivity index (χ1) is 17.7. The molecule has 1 fully saturated rings. The monoisotopic (exact) mass is 514 g/mol. The zero-order valence-corrected chi connectivity index (χ0v) is 19.8. The minimum absolute atomic E-state index is 0.00838. The Morgan fingerprint density at radius 2 is 1.95 bits per heavy atom. The molecule has 4 atom stereocenters. The molecule has 0 bridgehead atoms. The van der Waals surface area contributed by atoms with Crippen LogP contribution < -0.4 is 15.4 Å². The molecule has 2 heterocycles. The van der Waals surface area contributed by atoms with Crippen LogP contribution in [0.1, 0.15) is 33.9 Å². The normalized spacial score (nSPS) is 19.8. The quantitative estimate of drug-likeness (QED) is 0.362. The smallest absolute Gasteiger partial charge is 0.252 e. The number of benzene rings is 2. The number of ether oxygens (including phenoxy) is 1. The highest BCUT2D eigenvalue weighted by atomic mass is 19.2. The molecule has 1 saturated carbocycles. The van der Waals surface area contributed by atoms with E-state index in [2.05, 4.69) is 25.7 Å². The number of nitrogens with one attached hydrogen (secondary N) is 2. The Hall–Kier alpha value is -4.22. The van der Waals surface area contributed by atoms with Gasteiger partial charge in [-0.3, -0.25) is 9.48 Å². The number of aromatic nitrogens is 4. The van der Waals surface area contributed by atoms with Crippen molar-refractivity contribution in [1.82, 2.24) is 25.1 Å². The summed E-state index contributed by atoms with van der Waals surface area (Å²) in [5.74, 6) is -1.96. The van der Waals surface area contributed by atoms with E-state index in [4.69, 9.17) is 4.74 Å². The Kier molecular flexibility index (Phi) is 6.40. The van der Waals surface area contributed by atoms with Gasteiger partial charge in [0.15, 0.2) is 17.7 Å². The van der Waals surface area contributed by atoms with E-state index in [1.807, 2.05) is 0 Å². The predicted molar refractivity (Wildman–Crippen MR) is 127 cm³/mol. The largest absolute Gasteiger partial charge is 0.494 e. The number of carbonyl (C=O) groups is 1. The minimum atomic E-state index is -1.68. The van der Waals surface area contributed by atoms with Crippen molar-refractivity contribution < 1.29 is 27.1 Å². The second kappa shape index (κ2) is 9.68. The molecule has 3 unspecified atom stereocenters. The number of hydrogen-bond donors (Lipinski definition) is 2. The zero-order chi connectivity index (χ0) is 26.3. The standard InChI is InChI=1S/C25H22F4N6O2/c1-35-11-14(9-31-35)23(12-3-4-21(37-2)17(27)5-12)34-24(36)13-6-16(26)15-10-30-25(32-19(15)7-13)33-20-8-18(28)22(20)29/h3-7,9-11,18,20,22-23H,8H2,1-2H3,(H,34,36)(H,30,32,33)/t18?,20?,22?,23-/m0/s1. The molecule has 0 aliphatic heterocycles. The summed E-state index contributed by atoms with van der Waals surface area (Å²) in [7, 11) is 3.04. The fourth-order valence-corrected chi connectivity index (χ4v) is 4.18. The lowest BCUT2D eigenvalue weighted by Gasteiger charge is -2.34. The van der Waals surface area contributed by atoms with Crippen molar-refractivity contribution in [2.45, 2.75) is 30.8 Å². The maximum atomic E-state index is 14.8. The Bertz CT molecular complexity index is 1480. The van der Waals surface area contributed by atoms with Gasteiger partial charge in [-0.15, -0.1) is 0 Å². The first kappa shape index (κ1) is 24.5. The van der Waals surface area contributed by atoms with E-state index in [0.29, 0.717) is 11.1 Å². The number of nitrogens with zero attached hydrogens (tertiary/aromatic N) is 4. The molecule has 37 heavy (non-hydrogen) atoms. The van der Waals surface area contributed by atoms with Gasteiger partial charge in [-0.1, -0.05) is 6.07 Å². The zero-order valence-electron chi connectivity index (χ0n) is 19.8. The molecule has 12 heteroatoms. The van der Waals surface area contributed by atoms with E-state index in [9.17, 15) is 22.4 Å². The number of halogens is 4. The number of anilines is 1. The Labute approximate surface area is 208 Å². The topological polar surface area (TPSA) is 94.0 Å². The van der Waals surface area contributed by atoms with E-state index in [0.717, 1.165) is 6.07 Å². The lowest BCUT2D eigenvalue weighted by atomic mass is 9.88. The SMILES string of the molecule is COc1ccc([C@H](NC(=O)c2cc(F)c3cnc(NC4CC(F)C4F)nc3c2)c2cnn(C)c2)cc1F. The number of amides is 1. The molecule has 5 rings (SSSR count). The summed E-state index contributed by atoms with van der Waals surface area (Å²) in [6.07, 6.45) is 1.15. The van der Waals surface area contributed by atoms with Gasteiger partial charge in [-0.05, 0) is 29.8 Å². The van der Waals surface area contributed by atoms with Crippen LogP contribution in [0.15, 0.2) is 48.9 Å². The lowest BCUT2D eigenvalue weighted by molar-refractivity contribution is 0.0549. The highest BCUT2D eigenvalue weighted by Crippen LogP contribution is 2.30. The van der Waals surface area contributed by atoms with Crippen LogP contribution in [0, 0.1) is 11.6 Å². The fourth-order valence-electron chi connectivity index (χ4n) is 4.18. The number of alkyl halides is 2. The Morgan fingerprint density at radius 1 is 1.14 bits per heavy atom. The molecular weight excluding hydrogens is 492 g/mol. The van der Waals surface area contributed by atoms with Gasteiger partial charge >= 0.3 is 0 Å². The summed E-state index contributed by atoms with van der Waals surface area (Å²) in [6.45, 7) is 0. The molecule has 1 aliphatic carbocycles. The summed E-state index contributed by atoms with van der Waals surface area (Å²) in [4.78, 5) is 21.4. The van der Waals surface area contributed by atoms with Gasteiger partial charge in [-0.2, -0.15) is 5.10 Å². The number of carbonyl (C=O) groups excluding carboxylic acids is 1. The van der Waals surface area contributed by atoms with E-state index in [-0.39, 0.29) is 34.6 Å². The van der Waals surface area contributed by atoms with E-state index in [1.54, 1.807) is 19.3 Å². The van der Waals surface area contributed by atoms with Crippen molar-refractivity contribution in [1.29, 1.82) is 0 Å². The van der Waals surface area contributed by atoms with Gasteiger partial charge in [0.05, 0.1) is 36.3 Å². The first-order valence-electron chi connectivity index (χ1n) is 11.4. The van der Waals surface area contributed by atoms with Crippen molar-refractivity contribution in [3.8, 4) is 5.75 Å². The van der Waals surface area contributed by atoms with Crippen LogP contribution in [0.5, 0.6) is 5.75 Å². The minimum Gasteiger partial charge on any atom is -0.494 e. The predicted octanol–water partition coefficient (Wildman–Crippen LogP) is 4.03. The third kappa shape index (κ3) is 4.78. The highest BCUT2D eigenvalue weighted by molar-refractivity contribution is 5.98. The summed E-state index contributed by atoms with van der Waals surface area (Å²) in [5, 5.41) is 9.67. The highest BCUT2D eigenvalue weighted by Gasteiger charge is 2.42.